The van der Waals surface area contributed by atoms with Gasteiger partial charge in [-0.2, -0.15) is 0 Å². The van der Waals surface area contributed by atoms with Gasteiger partial charge in [0.15, 0.2) is 0 Å². The van der Waals surface area contributed by atoms with Crippen LogP contribution in [0.25, 0.3) is 0 Å². The van der Waals surface area contributed by atoms with Crippen LogP contribution in [0.4, 0.5) is 0 Å². The fraction of sp³-hybridized carbons (Fsp3) is 0.688. The Kier molecular flexibility index (Phi) is 9.10. The zero-order chi connectivity index (χ0) is 29.9. The van der Waals surface area contributed by atoms with Gasteiger partial charge in [-0.15, -0.1) is 5.10 Å². The number of hydrogen-bond acceptors (Lipinski definition) is 9. The molecule has 4 fully saturated rings. The van der Waals surface area contributed by atoms with Gasteiger partial charge in [-0.05, 0) is 37.8 Å². The van der Waals surface area contributed by atoms with Crippen molar-refractivity contribution in [3.63, 3.8) is 0 Å². The number of rotatable bonds is 4. The second-order valence-corrected chi connectivity index (χ2v) is 12.8. The Labute approximate surface area is 259 Å². The maximum atomic E-state index is 14.0. The number of ether oxygens (including phenoxy) is 3. The minimum absolute atomic E-state index is 0.0145. The smallest absolute Gasteiger partial charge is 0.258 e. The first kappa shape index (κ1) is 29.6. The third kappa shape index (κ3) is 6.49. The molecule has 5 heterocycles. The largest absolute Gasteiger partial charge is 0.493 e. The highest BCUT2D eigenvalue weighted by atomic mass is 16.5. The predicted octanol–water partition coefficient (Wildman–Crippen LogP) is 1.87. The predicted molar refractivity (Wildman–Crippen MR) is 161 cm³/mol. The molecule has 5 aliphatic rings. The van der Waals surface area contributed by atoms with Crippen LogP contribution in [0.3, 0.4) is 0 Å². The van der Waals surface area contributed by atoms with E-state index < -0.39 is 6.04 Å². The molecule has 1 N–H and O–H groups in total. The summed E-state index contributed by atoms with van der Waals surface area (Å²) in [6.07, 6.45) is 8.92. The zero-order valence-corrected chi connectivity index (χ0v) is 25.5. The normalized spacial score (nSPS) is 29.8. The van der Waals surface area contributed by atoms with Gasteiger partial charge in [0.1, 0.15) is 11.8 Å². The van der Waals surface area contributed by atoms with Gasteiger partial charge in [-0.1, -0.05) is 30.2 Å². The molecule has 7 rings (SSSR count). The van der Waals surface area contributed by atoms with Crippen LogP contribution >= 0.6 is 0 Å². The Balaban J connectivity index is 1.12. The van der Waals surface area contributed by atoms with Crippen LogP contribution in [-0.2, 0) is 20.8 Å². The number of para-hydroxylation sites is 1. The van der Waals surface area contributed by atoms with Crippen molar-refractivity contribution in [3.8, 4) is 5.75 Å². The lowest BCUT2D eigenvalue weighted by Gasteiger charge is -2.43. The van der Waals surface area contributed by atoms with E-state index in [4.69, 9.17) is 14.2 Å². The minimum atomic E-state index is -0.586. The summed E-state index contributed by atoms with van der Waals surface area (Å²) in [5.74, 6) is 0.286. The maximum absolute atomic E-state index is 14.0. The molecule has 0 radical (unpaired) electrons. The Morgan fingerprint density at radius 2 is 1.77 bits per heavy atom. The number of carbonyl (C=O) groups is 2. The van der Waals surface area contributed by atoms with Crippen LogP contribution in [0.5, 0.6) is 5.75 Å². The van der Waals surface area contributed by atoms with E-state index in [2.05, 4.69) is 25.4 Å². The first-order chi connectivity index (χ1) is 21.6. The van der Waals surface area contributed by atoms with E-state index in [0.717, 1.165) is 70.8 Å². The number of nitrogens with zero attached hydrogens (tertiary/aromatic N) is 6. The Bertz CT molecular complexity index is 1290. The van der Waals surface area contributed by atoms with Crippen molar-refractivity contribution in [2.45, 2.75) is 81.8 Å². The summed E-state index contributed by atoms with van der Waals surface area (Å²) in [6, 6.07) is 7.25. The highest BCUT2D eigenvalue weighted by molar-refractivity contribution is 6.00. The van der Waals surface area contributed by atoms with Crippen LogP contribution in [-0.4, -0.2) is 125 Å². The molecule has 2 aromatic rings. The second kappa shape index (κ2) is 13.5. The van der Waals surface area contributed by atoms with Gasteiger partial charge in [-0.3, -0.25) is 19.4 Å². The summed E-state index contributed by atoms with van der Waals surface area (Å²) in [6.45, 7) is 6.62. The third-order valence-electron chi connectivity index (χ3n) is 10.1. The molecule has 0 spiro atoms. The number of benzene rings is 1. The second-order valence-electron chi connectivity index (χ2n) is 12.8. The Morgan fingerprint density at radius 3 is 2.64 bits per heavy atom. The fourth-order valence-corrected chi connectivity index (χ4v) is 7.60. The summed E-state index contributed by atoms with van der Waals surface area (Å²) in [5, 5.41) is 12.2. The standard InChI is InChI=1S/C32H45N7O5/c40-31-28-22-37(24-5-1-2-6-24)12-13-38(28)32(41)26-7-3-4-8-29(26)43-16-11-25-9-10-27(30(44-25)19-33-31)39-21-23(34-35-39)20-36-14-17-42-18-15-36/h3-4,7-8,21,24-25,27-28,30H,1-2,5-6,9-20,22H2,(H,33,40)/t25-,27+,28-,30+/m0/s1. The van der Waals surface area contributed by atoms with Gasteiger partial charge in [0, 0.05) is 58.3 Å². The first-order valence-corrected chi connectivity index (χ1v) is 16.5. The van der Waals surface area contributed by atoms with E-state index >= 15 is 0 Å². The van der Waals surface area contributed by atoms with Crippen LogP contribution in [0.1, 0.15) is 67.0 Å². The number of piperazine rings is 1. The maximum Gasteiger partial charge on any atom is 0.258 e. The molecule has 1 saturated carbocycles. The molecule has 3 saturated heterocycles. The highest BCUT2D eigenvalue weighted by Crippen LogP contribution is 2.32. The molecule has 1 aliphatic carbocycles. The van der Waals surface area contributed by atoms with E-state index in [9.17, 15) is 9.59 Å². The van der Waals surface area contributed by atoms with Crippen molar-refractivity contribution in [2.75, 3.05) is 59.1 Å². The van der Waals surface area contributed by atoms with Crippen LogP contribution in [0.15, 0.2) is 30.5 Å². The number of aromatic nitrogens is 3. The van der Waals surface area contributed by atoms with Crippen molar-refractivity contribution < 1.29 is 23.8 Å². The van der Waals surface area contributed by atoms with E-state index in [1.165, 1.54) is 12.8 Å². The molecule has 1 aromatic carbocycles. The quantitative estimate of drug-likeness (QED) is 0.557. The van der Waals surface area contributed by atoms with E-state index in [1.807, 2.05) is 35.1 Å². The molecule has 2 amide bonds. The summed E-state index contributed by atoms with van der Waals surface area (Å²) in [7, 11) is 0. The number of morpholine rings is 1. The molecular formula is C32H45N7O5. The van der Waals surface area contributed by atoms with E-state index in [1.54, 1.807) is 4.90 Å². The van der Waals surface area contributed by atoms with Gasteiger partial charge < -0.3 is 24.4 Å². The van der Waals surface area contributed by atoms with Crippen LogP contribution in [0.2, 0.25) is 0 Å². The van der Waals surface area contributed by atoms with Crippen LogP contribution in [0, 0.1) is 0 Å². The molecule has 4 atom stereocenters. The minimum Gasteiger partial charge on any atom is -0.493 e. The van der Waals surface area contributed by atoms with Gasteiger partial charge in [0.2, 0.25) is 5.91 Å². The summed E-state index contributed by atoms with van der Waals surface area (Å²) in [4.78, 5) is 34.5. The number of nitrogens with one attached hydrogen (secondary N) is 1. The van der Waals surface area contributed by atoms with Crippen molar-refractivity contribution in [2.24, 2.45) is 0 Å². The van der Waals surface area contributed by atoms with Gasteiger partial charge >= 0.3 is 0 Å². The summed E-state index contributed by atoms with van der Waals surface area (Å²) >= 11 is 0. The Morgan fingerprint density at radius 1 is 0.932 bits per heavy atom. The molecule has 44 heavy (non-hydrogen) atoms. The average molecular weight is 608 g/mol. The molecule has 1 aromatic heterocycles. The van der Waals surface area contributed by atoms with E-state index in [0.29, 0.717) is 50.0 Å². The lowest BCUT2D eigenvalue weighted by atomic mass is 9.96. The SMILES string of the molecule is O=C1NC[C@H]2O[C@H](CCOc3ccccc3C(=O)N3CCN(C4CCCC4)C[C@@H]13)CC[C@H]2n1cc(CN2CCOCC2)nn1. The molecule has 2 bridgehead atoms. The number of amides is 2. The zero-order valence-electron chi connectivity index (χ0n) is 25.5. The molecule has 12 nitrogen and oxygen atoms in total. The van der Waals surface area contributed by atoms with Crippen molar-refractivity contribution >= 4 is 11.8 Å². The number of carbonyl (C=O) groups excluding carboxylic acids is 2. The van der Waals surface area contributed by atoms with Crippen molar-refractivity contribution in [3.05, 3.63) is 41.7 Å². The number of fused-ring (bicyclic) bond motifs is 4. The van der Waals surface area contributed by atoms with Gasteiger partial charge in [0.05, 0.1) is 55.5 Å². The lowest BCUT2D eigenvalue weighted by molar-refractivity contribution is -0.131. The van der Waals surface area contributed by atoms with Crippen molar-refractivity contribution in [1.29, 1.82) is 0 Å². The fourth-order valence-electron chi connectivity index (χ4n) is 7.60. The van der Waals surface area contributed by atoms with Gasteiger partial charge in [-0.25, -0.2) is 4.68 Å². The summed E-state index contributed by atoms with van der Waals surface area (Å²) < 4.78 is 20.3. The highest BCUT2D eigenvalue weighted by Gasteiger charge is 2.40. The van der Waals surface area contributed by atoms with E-state index in [-0.39, 0.29) is 30.1 Å². The molecule has 0 unspecified atom stereocenters. The van der Waals surface area contributed by atoms with Gasteiger partial charge in [0.25, 0.3) is 5.91 Å². The first-order valence-electron chi connectivity index (χ1n) is 16.5. The number of hydrogen-bond donors (Lipinski definition) is 1. The Hall–Kier alpha value is -3.06. The topological polar surface area (TPSA) is 114 Å². The van der Waals surface area contributed by atoms with Crippen molar-refractivity contribution in [1.82, 2.24) is 35.0 Å². The molecule has 4 aliphatic heterocycles. The molecular weight excluding hydrogens is 562 g/mol. The summed E-state index contributed by atoms with van der Waals surface area (Å²) in [5.41, 5.74) is 1.44. The molecule has 12 heteroatoms. The average Bonchev–Trinajstić information content (AvgIpc) is 3.77. The monoisotopic (exact) mass is 607 g/mol. The lowest BCUT2D eigenvalue weighted by Crippen LogP contribution is -2.62. The molecule has 238 valence electrons. The third-order valence-corrected chi connectivity index (χ3v) is 10.1. The van der Waals surface area contributed by atoms with Crippen LogP contribution < -0.4 is 10.1 Å².